The molecule has 1 aliphatic heterocycles. The third-order valence-electron chi connectivity index (χ3n) is 4.27. The number of fused-ring (bicyclic) bond motifs is 2. The number of ether oxygens (including phenoxy) is 2. The largest absolute Gasteiger partial charge is 0.454 e. The number of rotatable bonds is 4. The van der Waals surface area contributed by atoms with E-state index in [1.807, 2.05) is 25.4 Å². The van der Waals surface area contributed by atoms with E-state index in [4.69, 9.17) is 9.47 Å². The summed E-state index contributed by atoms with van der Waals surface area (Å²) in [7, 11) is 1.84. The zero-order valence-electron chi connectivity index (χ0n) is 13.7. The third kappa shape index (κ3) is 2.73. The van der Waals surface area contributed by atoms with Gasteiger partial charge in [-0.05, 0) is 30.3 Å². The minimum Gasteiger partial charge on any atom is -0.454 e. The van der Waals surface area contributed by atoms with E-state index in [1.54, 1.807) is 33.5 Å². The smallest absolute Gasteiger partial charge is 0.275 e. The Morgan fingerprint density at radius 2 is 1.96 bits per heavy atom. The van der Waals surface area contributed by atoms with Gasteiger partial charge in [-0.2, -0.15) is 0 Å². The Labute approximate surface area is 143 Å². The topological polar surface area (TPSA) is 74.5 Å². The second-order valence-electron chi connectivity index (χ2n) is 5.87. The molecule has 0 radical (unpaired) electrons. The molecule has 4 rings (SSSR count). The van der Waals surface area contributed by atoms with Crippen LogP contribution in [0.15, 0.2) is 47.5 Å². The molecule has 0 fully saturated rings. The van der Waals surface area contributed by atoms with Gasteiger partial charge in [-0.15, -0.1) is 0 Å². The summed E-state index contributed by atoms with van der Waals surface area (Å²) in [6.07, 6.45) is 3.61. The first-order valence-electron chi connectivity index (χ1n) is 7.96. The van der Waals surface area contributed by atoms with E-state index in [2.05, 4.69) is 5.32 Å². The minimum absolute atomic E-state index is 0.0673. The van der Waals surface area contributed by atoms with Crippen LogP contribution in [0, 0.1) is 0 Å². The van der Waals surface area contributed by atoms with E-state index in [0.717, 1.165) is 5.39 Å². The van der Waals surface area contributed by atoms with E-state index in [-0.39, 0.29) is 18.3 Å². The van der Waals surface area contributed by atoms with Gasteiger partial charge in [0.2, 0.25) is 6.79 Å². The Hall–Kier alpha value is -3.22. The van der Waals surface area contributed by atoms with Gasteiger partial charge < -0.3 is 23.9 Å². The minimum atomic E-state index is -0.216. The van der Waals surface area contributed by atoms with Gasteiger partial charge in [-0.25, -0.2) is 0 Å². The van der Waals surface area contributed by atoms with E-state index in [1.165, 1.54) is 0 Å². The van der Waals surface area contributed by atoms with Gasteiger partial charge in [-0.1, -0.05) is 0 Å². The quantitative estimate of drug-likeness (QED) is 0.782. The number of carbonyl (C=O) groups excluding carboxylic acids is 1. The molecule has 1 aliphatic rings. The number of nitrogens with zero attached hydrogens (tertiary/aromatic N) is 2. The molecule has 1 aromatic carbocycles. The Morgan fingerprint density at radius 3 is 2.84 bits per heavy atom. The summed E-state index contributed by atoms with van der Waals surface area (Å²) >= 11 is 0. The lowest BCUT2D eigenvalue weighted by Crippen LogP contribution is -2.31. The summed E-state index contributed by atoms with van der Waals surface area (Å²) < 4.78 is 13.9. The van der Waals surface area contributed by atoms with Crippen LogP contribution >= 0.6 is 0 Å². The molecule has 2 aromatic heterocycles. The molecule has 0 bridgehead atoms. The number of hydrogen-bond donors (Lipinski definition) is 1. The first kappa shape index (κ1) is 15.3. The predicted molar refractivity (Wildman–Crippen MR) is 92.1 cm³/mol. The number of nitrogens with one attached hydrogen (secondary N) is 1. The first-order chi connectivity index (χ1) is 12.1. The molecule has 0 unspecified atom stereocenters. The van der Waals surface area contributed by atoms with Crippen LogP contribution in [-0.4, -0.2) is 28.4 Å². The van der Waals surface area contributed by atoms with Gasteiger partial charge >= 0.3 is 0 Å². The van der Waals surface area contributed by atoms with Crippen molar-refractivity contribution in [1.82, 2.24) is 14.5 Å². The summed E-state index contributed by atoms with van der Waals surface area (Å²) in [5.74, 6) is 0.989. The Bertz CT molecular complexity index is 1020. The highest BCUT2D eigenvalue weighted by molar-refractivity contribution is 5.94. The molecule has 25 heavy (non-hydrogen) atoms. The number of benzene rings is 1. The SMILES string of the molecule is Cn1ccc2ccn(CCNC(=O)c3ccc4c(c3)OCO4)c(=O)c21. The molecular formula is C18H17N3O4. The highest BCUT2D eigenvalue weighted by Gasteiger charge is 2.16. The predicted octanol–water partition coefficient (Wildman–Crippen LogP) is 1.50. The highest BCUT2D eigenvalue weighted by Crippen LogP contribution is 2.32. The van der Waals surface area contributed by atoms with Crippen LogP contribution in [0.2, 0.25) is 0 Å². The van der Waals surface area contributed by atoms with Gasteiger partial charge in [0.05, 0.1) is 0 Å². The lowest BCUT2D eigenvalue weighted by atomic mass is 10.2. The Morgan fingerprint density at radius 1 is 1.16 bits per heavy atom. The van der Waals surface area contributed by atoms with Gasteiger partial charge in [-0.3, -0.25) is 9.59 Å². The molecular weight excluding hydrogens is 322 g/mol. The van der Waals surface area contributed by atoms with E-state index in [9.17, 15) is 9.59 Å². The molecule has 3 aromatic rings. The standard InChI is InChI=1S/C18H17N3O4/c1-20-7-4-12-5-8-21(18(23)16(12)20)9-6-19-17(22)13-2-3-14-15(10-13)25-11-24-14/h2-5,7-8,10H,6,9,11H2,1H3,(H,19,22). The summed E-state index contributed by atoms with van der Waals surface area (Å²) in [5, 5.41) is 3.73. The first-order valence-corrected chi connectivity index (χ1v) is 7.96. The molecule has 0 saturated heterocycles. The molecule has 0 atom stereocenters. The number of aromatic nitrogens is 2. The van der Waals surface area contributed by atoms with Crippen LogP contribution < -0.4 is 20.3 Å². The number of aryl methyl sites for hydroxylation is 1. The van der Waals surface area contributed by atoms with Crippen molar-refractivity contribution in [2.45, 2.75) is 6.54 Å². The van der Waals surface area contributed by atoms with E-state index < -0.39 is 0 Å². The molecule has 0 spiro atoms. The molecule has 0 saturated carbocycles. The second kappa shape index (κ2) is 6.01. The van der Waals surface area contributed by atoms with Crippen LogP contribution in [0.3, 0.4) is 0 Å². The molecule has 1 amide bonds. The zero-order valence-corrected chi connectivity index (χ0v) is 13.7. The fourth-order valence-electron chi connectivity index (χ4n) is 2.94. The fourth-order valence-corrected chi connectivity index (χ4v) is 2.94. The zero-order chi connectivity index (χ0) is 17.4. The van der Waals surface area contributed by atoms with Crippen molar-refractivity contribution < 1.29 is 14.3 Å². The fraction of sp³-hybridized carbons (Fsp3) is 0.222. The van der Waals surface area contributed by atoms with E-state index >= 15 is 0 Å². The number of amides is 1. The normalized spacial score (nSPS) is 12.5. The monoisotopic (exact) mass is 339 g/mol. The van der Waals surface area contributed by atoms with Crippen molar-refractivity contribution in [3.63, 3.8) is 0 Å². The van der Waals surface area contributed by atoms with Crippen LogP contribution in [0.1, 0.15) is 10.4 Å². The van der Waals surface area contributed by atoms with Crippen molar-refractivity contribution in [3.8, 4) is 11.5 Å². The maximum Gasteiger partial charge on any atom is 0.275 e. The van der Waals surface area contributed by atoms with Gasteiger partial charge in [0.15, 0.2) is 11.5 Å². The second-order valence-corrected chi connectivity index (χ2v) is 5.87. The molecule has 7 nitrogen and oxygen atoms in total. The Balaban J connectivity index is 1.44. The van der Waals surface area contributed by atoms with Crippen molar-refractivity contribution in [2.24, 2.45) is 7.05 Å². The third-order valence-corrected chi connectivity index (χ3v) is 4.27. The van der Waals surface area contributed by atoms with Crippen molar-refractivity contribution in [1.29, 1.82) is 0 Å². The molecule has 1 N–H and O–H groups in total. The van der Waals surface area contributed by atoms with Crippen molar-refractivity contribution in [3.05, 3.63) is 58.6 Å². The van der Waals surface area contributed by atoms with Crippen LogP contribution in [0.4, 0.5) is 0 Å². The number of pyridine rings is 1. The highest BCUT2D eigenvalue weighted by atomic mass is 16.7. The van der Waals surface area contributed by atoms with Crippen molar-refractivity contribution in [2.75, 3.05) is 13.3 Å². The average Bonchev–Trinajstić information content (AvgIpc) is 3.23. The maximum atomic E-state index is 12.5. The summed E-state index contributed by atoms with van der Waals surface area (Å²) in [6, 6.07) is 8.86. The van der Waals surface area contributed by atoms with E-state index in [0.29, 0.717) is 35.7 Å². The van der Waals surface area contributed by atoms with Gasteiger partial charge in [0, 0.05) is 43.5 Å². The number of carbonyl (C=O) groups is 1. The number of hydrogen-bond acceptors (Lipinski definition) is 4. The molecule has 128 valence electrons. The van der Waals surface area contributed by atoms with Crippen LogP contribution in [-0.2, 0) is 13.6 Å². The summed E-state index contributed by atoms with van der Waals surface area (Å²) in [4.78, 5) is 24.7. The molecule has 3 heterocycles. The summed E-state index contributed by atoms with van der Waals surface area (Å²) in [6.45, 7) is 0.921. The van der Waals surface area contributed by atoms with Crippen LogP contribution in [0.5, 0.6) is 11.5 Å². The maximum absolute atomic E-state index is 12.5. The molecule has 0 aliphatic carbocycles. The average molecular weight is 339 g/mol. The van der Waals surface area contributed by atoms with Gasteiger partial charge in [0.1, 0.15) is 5.52 Å². The Kier molecular flexibility index (Phi) is 3.68. The lowest BCUT2D eigenvalue weighted by molar-refractivity contribution is 0.0951. The van der Waals surface area contributed by atoms with Gasteiger partial charge in [0.25, 0.3) is 11.5 Å². The van der Waals surface area contributed by atoms with Crippen LogP contribution in [0.25, 0.3) is 10.9 Å². The lowest BCUT2D eigenvalue weighted by Gasteiger charge is -2.09. The molecule has 7 heteroatoms. The van der Waals surface area contributed by atoms with Crippen molar-refractivity contribution >= 4 is 16.8 Å². The summed E-state index contributed by atoms with van der Waals surface area (Å²) in [5.41, 5.74) is 1.08.